The molecule has 2 aliphatic carbocycles. The highest BCUT2D eigenvalue weighted by Crippen LogP contribution is 2.29. The van der Waals surface area contributed by atoms with Crippen molar-refractivity contribution < 1.29 is 14.7 Å². The first-order valence-corrected chi connectivity index (χ1v) is 7.89. The van der Waals surface area contributed by atoms with Gasteiger partial charge in [0, 0.05) is 18.6 Å². The molecule has 0 spiro atoms. The van der Waals surface area contributed by atoms with Crippen molar-refractivity contribution in [3.8, 4) is 0 Å². The maximum atomic E-state index is 12.3. The molecule has 2 aliphatic rings. The average Bonchev–Trinajstić information content (AvgIpc) is 3.23. The first-order valence-electron chi connectivity index (χ1n) is 7.89. The molecular weight excluding hydrogens is 256 g/mol. The van der Waals surface area contributed by atoms with E-state index in [1.165, 1.54) is 19.3 Å². The van der Waals surface area contributed by atoms with Gasteiger partial charge >= 0.3 is 12.0 Å². The molecule has 2 unspecified atom stereocenters. The van der Waals surface area contributed by atoms with E-state index in [-0.39, 0.29) is 24.5 Å². The number of carboxylic acids is 1. The highest BCUT2D eigenvalue weighted by atomic mass is 16.4. The van der Waals surface area contributed by atoms with Crippen LogP contribution in [0.4, 0.5) is 4.79 Å². The van der Waals surface area contributed by atoms with E-state index in [0.29, 0.717) is 6.54 Å². The summed E-state index contributed by atoms with van der Waals surface area (Å²) in [5.74, 6) is -0.116. The molecule has 0 heterocycles. The van der Waals surface area contributed by atoms with Crippen LogP contribution in [0.25, 0.3) is 0 Å². The van der Waals surface area contributed by atoms with E-state index in [0.717, 1.165) is 31.6 Å². The second kappa shape index (κ2) is 6.95. The van der Waals surface area contributed by atoms with Gasteiger partial charge in [0.2, 0.25) is 0 Å². The summed E-state index contributed by atoms with van der Waals surface area (Å²) in [6, 6.07) is 0.475. The fourth-order valence-electron chi connectivity index (χ4n) is 3.10. The van der Waals surface area contributed by atoms with Crippen LogP contribution >= 0.6 is 0 Å². The Hall–Kier alpha value is -1.26. The number of carboxylic acid groups (broad SMARTS) is 1. The number of carbonyl (C=O) groups excluding carboxylic acids is 1. The minimum absolute atomic E-state index is 0.0339. The van der Waals surface area contributed by atoms with Crippen LogP contribution in [-0.4, -0.2) is 40.6 Å². The van der Waals surface area contributed by atoms with Gasteiger partial charge in [-0.15, -0.1) is 0 Å². The molecule has 2 N–H and O–H groups in total. The number of carbonyl (C=O) groups is 2. The maximum Gasteiger partial charge on any atom is 0.317 e. The smallest absolute Gasteiger partial charge is 0.317 e. The molecule has 5 nitrogen and oxygen atoms in total. The SMILES string of the molecule is CCC1CCCC(NC(=O)N(CCC(=O)O)C2CC2)C1. The number of rotatable bonds is 6. The zero-order valence-corrected chi connectivity index (χ0v) is 12.3. The lowest BCUT2D eigenvalue weighted by molar-refractivity contribution is -0.137. The van der Waals surface area contributed by atoms with E-state index >= 15 is 0 Å². The lowest BCUT2D eigenvalue weighted by atomic mass is 9.84. The molecule has 0 saturated heterocycles. The van der Waals surface area contributed by atoms with E-state index in [2.05, 4.69) is 12.2 Å². The Balaban J connectivity index is 1.83. The van der Waals surface area contributed by atoms with Crippen molar-refractivity contribution in [2.24, 2.45) is 5.92 Å². The number of hydrogen-bond acceptors (Lipinski definition) is 2. The molecule has 0 aromatic carbocycles. The first kappa shape index (κ1) is 15.1. The molecule has 2 amide bonds. The predicted octanol–water partition coefficient (Wildman–Crippen LogP) is 2.60. The largest absolute Gasteiger partial charge is 0.481 e. The third kappa shape index (κ3) is 4.39. The molecule has 0 aromatic rings. The topological polar surface area (TPSA) is 69.6 Å². The zero-order valence-electron chi connectivity index (χ0n) is 12.3. The Morgan fingerprint density at radius 3 is 2.60 bits per heavy atom. The van der Waals surface area contributed by atoms with Gasteiger partial charge in [-0.05, 0) is 31.6 Å². The molecule has 0 aromatic heterocycles. The van der Waals surface area contributed by atoms with Crippen LogP contribution in [0, 0.1) is 5.92 Å². The van der Waals surface area contributed by atoms with Crippen molar-refractivity contribution in [1.29, 1.82) is 0 Å². The van der Waals surface area contributed by atoms with Crippen molar-refractivity contribution in [2.75, 3.05) is 6.54 Å². The van der Waals surface area contributed by atoms with Gasteiger partial charge in [-0.25, -0.2) is 4.79 Å². The summed E-state index contributed by atoms with van der Waals surface area (Å²) in [5.41, 5.74) is 0. The van der Waals surface area contributed by atoms with E-state index < -0.39 is 5.97 Å². The number of amides is 2. The van der Waals surface area contributed by atoms with Crippen LogP contribution < -0.4 is 5.32 Å². The fourth-order valence-corrected chi connectivity index (χ4v) is 3.10. The summed E-state index contributed by atoms with van der Waals surface area (Å²) in [5, 5.41) is 11.9. The van der Waals surface area contributed by atoms with Gasteiger partial charge in [0.1, 0.15) is 0 Å². The van der Waals surface area contributed by atoms with Crippen molar-refractivity contribution in [2.45, 2.75) is 70.4 Å². The number of nitrogens with one attached hydrogen (secondary N) is 1. The minimum atomic E-state index is -0.841. The second-order valence-electron chi connectivity index (χ2n) is 6.16. The Morgan fingerprint density at radius 2 is 2.00 bits per heavy atom. The van der Waals surface area contributed by atoms with Gasteiger partial charge in [-0.3, -0.25) is 4.79 Å². The second-order valence-corrected chi connectivity index (χ2v) is 6.16. The van der Waals surface area contributed by atoms with Crippen molar-refractivity contribution >= 4 is 12.0 Å². The first-order chi connectivity index (χ1) is 9.60. The molecule has 2 atom stereocenters. The molecule has 0 aliphatic heterocycles. The normalized spacial score (nSPS) is 26.1. The fraction of sp³-hybridized carbons (Fsp3) is 0.867. The standard InChI is InChI=1S/C15H26N2O3/c1-2-11-4-3-5-12(10-11)16-15(20)17(13-6-7-13)9-8-14(18)19/h11-13H,2-10H2,1H3,(H,16,20)(H,18,19). The van der Waals surface area contributed by atoms with Crippen LogP contribution in [0.15, 0.2) is 0 Å². The van der Waals surface area contributed by atoms with E-state index in [1.807, 2.05) is 0 Å². The molecule has 0 bridgehead atoms. The van der Waals surface area contributed by atoms with Gasteiger partial charge in [0.05, 0.1) is 6.42 Å². The summed E-state index contributed by atoms with van der Waals surface area (Å²) in [4.78, 5) is 24.7. The highest BCUT2D eigenvalue weighted by molar-refractivity contribution is 5.76. The summed E-state index contributed by atoms with van der Waals surface area (Å²) < 4.78 is 0. The molecule has 5 heteroatoms. The highest BCUT2D eigenvalue weighted by Gasteiger charge is 2.34. The van der Waals surface area contributed by atoms with Crippen LogP contribution in [-0.2, 0) is 4.79 Å². The van der Waals surface area contributed by atoms with Gasteiger partial charge in [-0.2, -0.15) is 0 Å². The Morgan fingerprint density at radius 1 is 1.25 bits per heavy atom. The molecule has 2 saturated carbocycles. The number of aliphatic carboxylic acids is 1. The molecule has 2 fully saturated rings. The van der Waals surface area contributed by atoms with Crippen LogP contribution in [0.2, 0.25) is 0 Å². The number of hydrogen-bond donors (Lipinski definition) is 2. The van der Waals surface area contributed by atoms with Gasteiger partial charge in [0.15, 0.2) is 0 Å². The third-order valence-electron chi connectivity index (χ3n) is 4.50. The third-order valence-corrected chi connectivity index (χ3v) is 4.50. The van der Waals surface area contributed by atoms with E-state index in [9.17, 15) is 9.59 Å². The minimum Gasteiger partial charge on any atom is -0.481 e. The quantitative estimate of drug-likeness (QED) is 0.786. The Kier molecular flexibility index (Phi) is 5.26. The molecule has 20 heavy (non-hydrogen) atoms. The van der Waals surface area contributed by atoms with E-state index in [4.69, 9.17) is 5.11 Å². The number of urea groups is 1. The average molecular weight is 282 g/mol. The summed E-state index contributed by atoms with van der Waals surface area (Å²) >= 11 is 0. The van der Waals surface area contributed by atoms with Crippen LogP contribution in [0.5, 0.6) is 0 Å². The van der Waals surface area contributed by atoms with Crippen molar-refractivity contribution in [3.63, 3.8) is 0 Å². The van der Waals surface area contributed by atoms with Crippen molar-refractivity contribution in [1.82, 2.24) is 10.2 Å². The summed E-state index contributed by atoms with van der Waals surface area (Å²) in [7, 11) is 0. The Bertz CT molecular complexity index is 355. The van der Waals surface area contributed by atoms with Crippen LogP contribution in [0.3, 0.4) is 0 Å². The van der Waals surface area contributed by atoms with Gasteiger partial charge in [-0.1, -0.05) is 26.2 Å². The molecule has 0 radical (unpaired) electrons. The van der Waals surface area contributed by atoms with Crippen LogP contribution in [0.1, 0.15) is 58.3 Å². The zero-order chi connectivity index (χ0) is 14.5. The monoisotopic (exact) mass is 282 g/mol. The molecule has 114 valence electrons. The predicted molar refractivity (Wildman–Crippen MR) is 76.5 cm³/mol. The number of nitrogens with zero attached hydrogens (tertiary/aromatic N) is 1. The Labute approximate surface area is 120 Å². The molecule has 2 rings (SSSR count). The van der Waals surface area contributed by atoms with Gasteiger partial charge < -0.3 is 15.3 Å². The lowest BCUT2D eigenvalue weighted by Crippen LogP contribution is -2.47. The molecular formula is C15H26N2O3. The van der Waals surface area contributed by atoms with E-state index in [1.54, 1.807) is 4.90 Å². The maximum absolute atomic E-state index is 12.3. The van der Waals surface area contributed by atoms with Gasteiger partial charge in [0.25, 0.3) is 0 Å². The summed E-state index contributed by atoms with van der Waals surface area (Å²) in [6.45, 7) is 2.54. The summed E-state index contributed by atoms with van der Waals surface area (Å²) in [6.07, 6.45) is 7.81. The lowest BCUT2D eigenvalue weighted by Gasteiger charge is -2.31. The van der Waals surface area contributed by atoms with Crippen molar-refractivity contribution in [3.05, 3.63) is 0 Å².